The van der Waals surface area contributed by atoms with Crippen molar-refractivity contribution in [2.24, 2.45) is 0 Å². The first kappa shape index (κ1) is 28.1. The highest BCUT2D eigenvalue weighted by Crippen LogP contribution is 2.40. The predicted molar refractivity (Wildman–Crippen MR) is 157 cm³/mol. The van der Waals surface area contributed by atoms with Crippen molar-refractivity contribution in [1.29, 1.82) is 0 Å². The van der Waals surface area contributed by atoms with Crippen LogP contribution in [-0.2, 0) is 17.8 Å². The van der Waals surface area contributed by atoms with E-state index >= 15 is 0 Å². The van der Waals surface area contributed by atoms with Gasteiger partial charge in [-0.1, -0.05) is 75.7 Å². The Balaban J connectivity index is 1.91. The van der Waals surface area contributed by atoms with Crippen LogP contribution < -0.4 is 4.74 Å². The van der Waals surface area contributed by atoms with Crippen molar-refractivity contribution < 1.29 is 9.53 Å². The molecule has 6 heteroatoms. The minimum absolute atomic E-state index is 0.0939. The van der Waals surface area contributed by atoms with Gasteiger partial charge in [0.25, 0.3) is 5.91 Å². The van der Waals surface area contributed by atoms with Crippen molar-refractivity contribution in [1.82, 2.24) is 9.88 Å². The van der Waals surface area contributed by atoms with Crippen LogP contribution >= 0.6 is 15.9 Å². The maximum atomic E-state index is 13.6. The first-order chi connectivity index (χ1) is 17.1. The molecule has 0 aliphatic rings. The molecule has 1 amide bonds. The molecule has 3 rings (SSSR count). The van der Waals surface area contributed by atoms with Crippen LogP contribution in [0, 0.1) is 11.5 Å². The number of aromatic nitrogens is 1. The number of nitrogens with one attached hydrogen (secondary N) is 1. The number of ether oxygens (including phenoxy) is 1. The largest absolute Gasteiger partial charge is 0.497 e. The maximum Gasteiger partial charge on any atom is 0.298 e. The molecule has 1 N–H and O–H groups in total. The molecule has 0 aliphatic heterocycles. The minimum Gasteiger partial charge on any atom is -0.497 e. The summed E-state index contributed by atoms with van der Waals surface area (Å²) in [5, 5.41) is 1.17. The summed E-state index contributed by atoms with van der Waals surface area (Å²) < 4.78 is 6.37. The summed E-state index contributed by atoms with van der Waals surface area (Å²) in [6, 6.07) is 14.1. The van der Waals surface area contributed by atoms with Gasteiger partial charge in [-0.25, -0.2) is 0 Å². The van der Waals surface area contributed by atoms with E-state index < -0.39 is 8.07 Å². The maximum absolute atomic E-state index is 13.6. The van der Waals surface area contributed by atoms with E-state index in [-0.39, 0.29) is 5.91 Å². The van der Waals surface area contributed by atoms with Gasteiger partial charge in [0.05, 0.1) is 7.11 Å². The van der Waals surface area contributed by atoms with E-state index in [0.717, 1.165) is 27.7 Å². The number of hydrogen-bond acceptors (Lipinski definition) is 2. The van der Waals surface area contributed by atoms with Gasteiger partial charge in [0.1, 0.15) is 13.8 Å². The molecule has 0 bridgehead atoms. The van der Waals surface area contributed by atoms with Crippen LogP contribution in [0.2, 0.25) is 16.6 Å². The van der Waals surface area contributed by atoms with E-state index in [2.05, 4.69) is 86.1 Å². The van der Waals surface area contributed by atoms with E-state index in [0.29, 0.717) is 29.7 Å². The van der Waals surface area contributed by atoms with Crippen LogP contribution in [0.25, 0.3) is 10.9 Å². The fourth-order valence-electron chi connectivity index (χ4n) is 5.54. The molecule has 0 fully saturated rings. The lowest BCUT2D eigenvalue weighted by Gasteiger charge is -2.38. The molecule has 0 spiro atoms. The Kier molecular flexibility index (Phi) is 9.49. The molecule has 1 heterocycles. The van der Waals surface area contributed by atoms with Gasteiger partial charge in [-0.2, -0.15) is 0 Å². The van der Waals surface area contributed by atoms with Gasteiger partial charge in [-0.05, 0) is 64.4 Å². The zero-order chi connectivity index (χ0) is 26.5. The Morgan fingerprint density at radius 2 is 1.67 bits per heavy atom. The third-order valence-corrected chi connectivity index (χ3v) is 14.4. The molecule has 0 atom stereocenters. The van der Waals surface area contributed by atoms with Crippen molar-refractivity contribution in [3.63, 3.8) is 0 Å². The molecule has 0 saturated heterocycles. The van der Waals surface area contributed by atoms with Crippen LogP contribution in [0.5, 0.6) is 5.75 Å². The second kappa shape index (κ2) is 12.2. The smallest absolute Gasteiger partial charge is 0.298 e. The minimum atomic E-state index is -2.00. The van der Waals surface area contributed by atoms with Crippen LogP contribution in [0.1, 0.15) is 52.7 Å². The van der Waals surface area contributed by atoms with E-state index in [1.54, 1.807) is 7.11 Å². The fraction of sp³-hybridized carbons (Fsp3) is 0.433. The van der Waals surface area contributed by atoms with E-state index in [1.807, 2.05) is 41.4 Å². The summed E-state index contributed by atoms with van der Waals surface area (Å²) in [5.41, 5.74) is 8.40. The number of halogens is 1. The molecule has 3 aromatic rings. The number of fused-ring (bicyclic) bond motifs is 1. The number of amides is 1. The number of methoxy groups -OCH3 is 1. The Labute approximate surface area is 226 Å². The summed E-state index contributed by atoms with van der Waals surface area (Å²) in [7, 11) is -0.336. The number of H-pyrrole nitrogens is 1. The standard InChI is InChI=1S/C30H39BrN2O2Si/c1-21(2)36(22(3)4,23(5)6)18-16-29(34)33(20-24-11-13-26(35-7)14-12-24)17-15-25-19-32-28-10-8-9-27(31)30(25)28/h8-14,19,21-23,32H,15,17,20H2,1-7H3. The molecule has 0 radical (unpaired) electrons. The Morgan fingerprint density at radius 3 is 2.25 bits per heavy atom. The highest BCUT2D eigenvalue weighted by atomic mass is 79.9. The van der Waals surface area contributed by atoms with E-state index in [1.165, 1.54) is 10.9 Å². The van der Waals surface area contributed by atoms with Crippen LogP contribution in [0.15, 0.2) is 53.1 Å². The van der Waals surface area contributed by atoms with Gasteiger partial charge in [-0.15, -0.1) is 5.54 Å². The lowest BCUT2D eigenvalue weighted by molar-refractivity contribution is -0.125. The lowest BCUT2D eigenvalue weighted by atomic mass is 10.1. The summed E-state index contributed by atoms with van der Waals surface area (Å²) in [5.74, 6) is 3.86. The first-order valence-corrected chi connectivity index (χ1v) is 15.8. The van der Waals surface area contributed by atoms with Gasteiger partial charge in [0.2, 0.25) is 0 Å². The summed E-state index contributed by atoms with van der Waals surface area (Å²) in [6.45, 7) is 14.7. The van der Waals surface area contributed by atoms with Gasteiger partial charge in [-0.3, -0.25) is 4.79 Å². The SMILES string of the molecule is COc1ccc(CN(CCc2c[nH]c3cccc(Br)c23)C(=O)C#C[Si](C(C)C)(C(C)C)C(C)C)cc1. The number of carbonyl (C=O) groups excluding carboxylic acids is 1. The Bertz CT molecular complexity index is 1210. The molecule has 192 valence electrons. The molecular weight excluding hydrogens is 528 g/mol. The molecule has 1 aromatic heterocycles. The number of carbonyl (C=O) groups is 1. The van der Waals surface area contributed by atoms with Crippen LogP contribution in [-0.4, -0.2) is 37.5 Å². The quantitative estimate of drug-likeness (QED) is 0.212. The second-order valence-electron chi connectivity index (χ2n) is 10.4. The molecule has 2 aromatic carbocycles. The molecule has 0 aliphatic carbocycles. The zero-order valence-corrected chi connectivity index (χ0v) is 25.2. The number of benzene rings is 2. The summed E-state index contributed by atoms with van der Waals surface area (Å²) in [6.07, 6.45) is 2.79. The van der Waals surface area contributed by atoms with Crippen LogP contribution in [0.4, 0.5) is 0 Å². The van der Waals surface area contributed by atoms with E-state index in [4.69, 9.17) is 4.74 Å². The third kappa shape index (κ3) is 6.07. The van der Waals surface area contributed by atoms with Crippen LogP contribution in [0.3, 0.4) is 0 Å². The topological polar surface area (TPSA) is 45.3 Å². The van der Waals surface area contributed by atoms with Gasteiger partial charge in [0.15, 0.2) is 0 Å². The molecule has 0 unspecified atom stereocenters. The number of rotatable bonds is 9. The average molecular weight is 568 g/mol. The zero-order valence-electron chi connectivity index (χ0n) is 22.6. The molecular formula is C30H39BrN2O2Si. The van der Waals surface area contributed by atoms with Crippen molar-refractivity contribution in [2.45, 2.75) is 71.1 Å². The van der Waals surface area contributed by atoms with E-state index in [9.17, 15) is 4.79 Å². The fourth-order valence-corrected chi connectivity index (χ4v) is 11.3. The summed E-state index contributed by atoms with van der Waals surface area (Å²) in [4.78, 5) is 18.9. The van der Waals surface area contributed by atoms with Crippen molar-refractivity contribution in [2.75, 3.05) is 13.7 Å². The Hall–Kier alpha value is -2.49. The summed E-state index contributed by atoms with van der Waals surface area (Å²) >= 11 is 3.69. The van der Waals surface area contributed by atoms with Crippen molar-refractivity contribution >= 4 is 40.8 Å². The first-order valence-electron chi connectivity index (χ1n) is 12.8. The number of nitrogens with zero attached hydrogens (tertiary/aromatic N) is 1. The van der Waals surface area contributed by atoms with Gasteiger partial charge in [0, 0.05) is 34.7 Å². The molecule has 36 heavy (non-hydrogen) atoms. The Morgan fingerprint density at radius 1 is 1.03 bits per heavy atom. The monoisotopic (exact) mass is 566 g/mol. The van der Waals surface area contributed by atoms with Crippen molar-refractivity contribution in [3.05, 3.63) is 64.3 Å². The lowest BCUT2D eigenvalue weighted by Crippen LogP contribution is -2.43. The third-order valence-electron chi connectivity index (χ3n) is 7.46. The average Bonchev–Trinajstić information content (AvgIpc) is 3.26. The number of hydrogen-bond donors (Lipinski definition) is 1. The second-order valence-corrected chi connectivity index (χ2v) is 16.9. The van der Waals surface area contributed by atoms with Gasteiger partial charge >= 0.3 is 0 Å². The number of aromatic amines is 1. The van der Waals surface area contributed by atoms with Gasteiger partial charge < -0.3 is 14.6 Å². The van der Waals surface area contributed by atoms with Crippen molar-refractivity contribution in [3.8, 4) is 17.2 Å². The normalized spacial score (nSPS) is 11.8. The predicted octanol–water partition coefficient (Wildman–Crippen LogP) is 7.73. The highest BCUT2D eigenvalue weighted by molar-refractivity contribution is 9.10. The molecule has 0 saturated carbocycles. The highest BCUT2D eigenvalue weighted by Gasteiger charge is 2.42. The molecule has 4 nitrogen and oxygen atoms in total.